The summed E-state index contributed by atoms with van der Waals surface area (Å²) in [5.74, 6) is 2.69. The third-order valence-corrected chi connectivity index (χ3v) is 4.70. The minimum atomic E-state index is 0.240. The highest BCUT2D eigenvalue weighted by Gasteiger charge is 2.37. The standard InChI is InChI=1S/C17H26N2O/c1-12(2)20-17-6-4-14(5-7-17)13(3)19-10-15-8-18-9-16(15)11-19/h4-7,12-13,15-16,18H,8-11H2,1-3H3/t13?,15-,16+. The molecule has 1 aromatic carbocycles. The first kappa shape index (κ1) is 13.9. The molecule has 2 heterocycles. The van der Waals surface area contributed by atoms with Crippen molar-refractivity contribution in [1.29, 1.82) is 0 Å². The van der Waals surface area contributed by atoms with Crippen molar-refractivity contribution in [3.05, 3.63) is 29.8 Å². The van der Waals surface area contributed by atoms with Crippen LogP contribution in [0.4, 0.5) is 0 Å². The molecule has 110 valence electrons. The van der Waals surface area contributed by atoms with Gasteiger partial charge in [0.2, 0.25) is 0 Å². The fraction of sp³-hybridized carbons (Fsp3) is 0.647. The number of fused-ring (bicyclic) bond motifs is 1. The number of ether oxygens (including phenoxy) is 1. The van der Waals surface area contributed by atoms with Gasteiger partial charge < -0.3 is 10.1 Å². The second-order valence-corrected chi connectivity index (χ2v) is 6.54. The van der Waals surface area contributed by atoms with Gasteiger partial charge in [0.25, 0.3) is 0 Å². The van der Waals surface area contributed by atoms with Crippen LogP contribution in [-0.2, 0) is 0 Å². The van der Waals surface area contributed by atoms with Gasteiger partial charge in [0, 0.05) is 19.1 Å². The van der Waals surface area contributed by atoms with Crippen molar-refractivity contribution in [1.82, 2.24) is 10.2 Å². The second-order valence-electron chi connectivity index (χ2n) is 6.54. The van der Waals surface area contributed by atoms with Gasteiger partial charge >= 0.3 is 0 Å². The van der Waals surface area contributed by atoms with Crippen LogP contribution in [0, 0.1) is 11.8 Å². The van der Waals surface area contributed by atoms with E-state index in [0.29, 0.717) is 6.04 Å². The van der Waals surface area contributed by atoms with Gasteiger partial charge in [-0.05, 0) is 63.4 Å². The topological polar surface area (TPSA) is 24.5 Å². The van der Waals surface area contributed by atoms with Gasteiger partial charge in [-0.3, -0.25) is 4.90 Å². The number of nitrogens with one attached hydrogen (secondary N) is 1. The Kier molecular flexibility index (Phi) is 3.99. The van der Waals surface area contributed by atoms with Crippen LogP contribution in [0.25, 0.3) is 0 Å². The maximum atomic E-state index is 5.71. The van der Waals surface area contributed by atoms with Crippen molar-refractivity contribution in [2.24, 2.45) is 11.8 Å². The average Bonchev–Trinajstić information content (AvgIpc) is 2.98. The molecule has 1 aromatic rings. The van der Waals surface area contributed by atoms with E-state index in [1.807, 2.05) is 0 Å². The first-order valence-corrected chi connectivity index (χ1v) is 7.85. The maximum absolute atomic E-state index is 5.71. The van der Waals surface area contributed by atoms with E-state index in [1.165, 1.54) is 31.7 Å². The molecule has 2 saturated heterocycles. The molecule has 1 unspecified atom stereocenters. The molecule has 2 aliphatic heterocycles. The minimum Gasteiger partial charge on any atom is -0.491 e. The lowest BCUT2D eigenvalue weighted by Crippen LogP contribution is -2.28. The Hall–Kier alpha value is -1.06. The zero-order chi connectivity index (χ0) is 14.1. The Morgan fingerprint density at radius 2 is 1.65 bits per heavy atom. The number of benzene rings is 1. The highest BCUT2D eigenvalue weighted by Crippen LogP contribution is 2.33. The number of hydrogen-bond acceptors (Lipinski definition) is 3. The van der Waals surface area contributed by atoms with Gasteiger partial charge in [-0.1, -0.05) is 12.1 Å². The van der Waals surface area contributed by atoms with E-state index in [4.69, 9.17) is 4.74 Å². The smallest absolute Gasteiger partial charge is 0.119 e. The van der Waals surface area contributed by atoms with E-state index in [-0.39, 0.29) is 6.10 Å². The molecule has 0 radical (unpaired) electrons. The highest BCUT2D eigenvalue weighted by atomic mass is 16.5. The zero-order valence-corrected chi connectivity index (χ0v) is 12.8. The molecular formula is C17H26N2O. The molecule has 2 fully saturated rings. The molecule has 3 rings (SSSR count). The van der Waals surface area contributed by atoms with Crippen molar-refractivity contribution in [2.45, 2.75) is 32.9 Å². The predicted octanol–water partition coefficient (Wildman–Crippen LogP) is 2.69. The summed E-state index contributed by atoms with van der Waals surface area (Å²) < 4.78 is 5.71. The monoisotopic (exact) mass is 274 g/mol. The molecule has 0 spiro atoms. The molecule has 0 saturated carbocycles. The van der Waals surface area contributed by atoms with Crippen LogP contribution in [0.15, 0.2) is 24.3 Å². The molecule has 0 aromatic heterocycles. The van der Waals surface area contributed by atoms with E-state index in [2.05, 4.69) is 55.3 Å². The molecule has 20 heavy (non-hydrogen) atoms. The van der Waals surface area contributed by atoms with E-state index in [9.17, 15) is 0 Å². The molecule has 1 N–H and O–H groups in total. The van der Waals surface area contributed by atoms with Crippen LogP contribution >= 0.6 is 0 Å². The van der Waals surface area contributed by atoms with Crippen molar-refractivity contribution in [2.75, 3.05) is 26.2 Å². The van der Waals surface area contributed by atoms with Gasteiger partial charge in [0.1, 0.15) is 5.75 Å². The SMILES string of the molecule is CC(C)Oc1ccc(C(C)N2C[C@H]3CNC[C@H]3C2)cc1. The summed E-state index contributed by atoms with van der Waals surface area (Å²) in [7, 11) is 0. The van der Waals surface area contributed by atoms with Gasteiger partial charge in [-0.25, -0.2) is 0 Å². The van der Waals surface area contributed by atoms with Crippen LogP contribution in [0.3, 0.4) is 0 Å². The molecule has 3 nitrogen and oxygen atoms in total. The van der Waals surface area contributed by atoms with Crippen LogP contribution < -0.4 is 10.1 Å². The Bertz CT molecular complexity index is 431. The summed E-state index contributed by atoms with van der Waals surface area (Å²) in [5.41, 5.74) is 1.40. The lowest BCUT2D eigenvalue weighted by atomic mass is 10.0. The Morgan fingerprint density at radius 3 is 2.20 bits per heavy atom. The number of likely N-dealkylation sites (tertiary alicyclic amines) is 1. The Balaban J connectivity index is 1.63. The molecule has 3 atom stereocenters. The van der Waals surface area contributed by atoms with Gasteiger partial charge in [0.05, 0.1) is 6.10 Å². The third kappa shape index (κ3) is 2.84. The highest BCUT2D eigenvalue weighted by molar-refractivity contribution is 5.29. The lowest BCUT2D eigenvalue weighted by molar-refractivity contribution is 0.238. The van der Waals surface area contributed by atoms with E-state index >= 15 is 0 Å². The first-order valence-electron chi connectivity index (χ1n) is 7.85. The summed E-state index contributed by atoms with van der Waals surface area (Å²) >= 11 is 0. The van der Waals surface area contributed by atoms with Crippen molar-refractivity contribution in [3.8, 4) is 5.75 Å². The fourth-order valence-electron chi connectivity index (χ4n) is 3.52. The fourth-order valence-corrected chi connectivity index (χ4v) is 3.52. The molecule has 3 heteroatoms. The molecule has 0 aliphatic carbocycles. The van der Waals surface area contributed by atoms with E-state index < -0.39 is 0 Å². The summed E-state index contributed by atoms with van der Waals surface area (Å²) in [6.07, 6.45) is 0.240. The Morgan fingerprint density at radius 1 is 1.05 bits per heavy atom. The average molecular weight is 274 g/mol. The van der Waals surface area contributed by atoms with Crippen molar-refractivity contribution in [3.63, 3.8) is 0 Å². The number of rotatable bonds is 4. The number of hydrogen-bond donors (Lipinski definition) is 1. The quantitative estimate of drug-likeness (QED) is 0.913. The molecule has 0 amide bonds. The van der Waals surface area contributed by atoms with Crippen LogP contribution in [0.2, 0.25) is 0 Å². The van der Waals surface area contributed by atoms with Crippen LogP contribution in [0.1, 0.15) is 32.4 Å². The molecule has 0 bridgehead atoms. The maximum Gasteiger partial charge on any atom is 0.119 e. The summed E-state index contributed by atoms with van der Waals surface area (Å²) in [4.78, 5) is 2.63. The van der Waals surface area contributed by atoms with Crippen LogP contribution in [0.5, 0.6) is 5.75 Å². The summed E-state index contributed by atoms with van der Waals surface area (Å²) in [6, 6.07) is 9.14. The third-order valence-electron chi connectivity index (χ3n) is 4.70. The minimum absolute atomic E-state index is 0.240. The molecular weight excluding hydrogens is 248 g/mol. The largest absolute Gasteiger partial charge is 0.491 e. The zero-order valence-electron chi connectivity index (χ0n) is 12.8. The normalized spacial score (nSPS) is 27.8. The van der Waals surface area contributed by atoms with Crippen molar-refractivity contribution >= 4 is 0 Å². The van der Waals surface area contributed by atoms with Gasteiger partial charge in [-0.2, -0.15) is 0 Å². The van der Waals surface area contributed by atoms with E-state index in [0.717, 1.165) is 17.6 Å². The van der Waals surface area contributed by atoms with Crippen molar-refractivity contribution < 1.29 is 4.74 Å². The number of nitrogens with zero attached hydrogens (tertiary/aromatic N) is 1. The summed E-state index contributed by atoms with van der Waals surface area (Å²) in [5, 5.41) is 3.51. The summed E-state index contributed by atoms with van der Waals surface area (Å²) in [6.45, 7) is 11.3. The van der Waals surface area contributed by atoms with Gasteiger partial charge in [0.15, 0.2) is 0 Å². The van der Waals surface area contributed by atoms with Crippen LogP contribution in [-0.4, -0.2) is 37.2 Å². The Labute approximate surface area is 122 Å². The molecule has 2 aliphatic rings. The van der Waals surface area contributed by atoms with Gasteiger partial charge in [-0.15, -0.1) is 0 Å². The lowest BCUT2D eigenvalue weighted by Gasteiger charge is -2.25. The van der Waals surface area contributed by atoms with E-state index in [1.54, 1.807) is 0 Å². The first-order chi connectivity index (χ1) is 9.63. The predicted molar refractivity (Wildman–Crippen MR) is 82.0 cm³/mol. The second kappa shape index (κ2) is 5.74.